The average Bonchev–Trinajstić information content (AvgIpc) is 2.37. The Morgan fingerprint density at radius 3 is 2.15 bits per heavy atom. The van der Waals surface area contributed by atoms with E-state index in [0.29, 0.717) is 0 Å². The van der Waals surface area contributed by atoms with Gasteiger partial charge in [0.2, 0.25) is 0 Å². The third-order valence-corrected chi connectivity index (χ3v) is 2.71. The van der Waals surface area contributed by atoms with E-state index >= 15 is 0 Å². The van der Waals surface area contributed by atoms with Gasteiger partial charge in [-0.2, -0.15) is 0 Å². The van der Waals surface area contributed by atoms with Gasteiger partial charge in [0.15, 0.2) is 5.84 Å². The number of allylic oxidation sites excluding steroid dienone is 3. The Bertz CT molecular complexity index is 462. The lowest BCUT2D eigenvalue weighted by Gasteiger charge is -2.30. The molecule has 4 nitrogen and oxygen atoms in total. The second-order valence-corrected chi connectivity index (χ2v) is 5.22. The smallest absolute Gasteiger partial charge is 0.154 e. The first-order valence-corrected chi connectivity index (χ1v) is 6.86. The van der Waals surface area contributed by atoms with Gasteiger partial charge >= 0.3 is 0 Å². The maximum Gasteiger partial charge on any atom is 0.154 e. The van der Waals surface area contributed by atoms with Gasteiger partial charge < -0.3 is 9.64 Å². The van der Waals surface area contributed by atoms with Crippen molar-refractivity contribution in [3.63, 3.8) is 0 Å². The summed E-state index contributed by atoms with van der Waals surface area (Å²) in [6, 6.07) is 0. The molecule has 0 aromatic carbocycles. The molecule has 0 bridgehead atoms. The summed E-state index contributed by atoms with van der Waals surface area (Å²) in [5, 5.41) is 0. The molecule has 0 N–H and O–H groups in total. The third kappa shape index (κ3) is 5.13. The van der Waals surface area contributed by atoms with E-state index in [4.69, 9.17) is 4.74 Å². The molecule has 20 heavy (non-hydrogen) atoms. The van der Waals surface area contributed by atoms with Crippen molar-refractivity contribution in [2.45, 2.75) is 27.7 Å². The maximum absolute atomic E-state index is 5.41. The van der Waals surface area contributed by atoms with Crippen LogP contribution < -0.4 is 0 Å². The molecule has 1 aliphatic heterocycles. The van der Waals surface area contributed by atoms with Crippen molar-refractivity contribution < 1.29 is 4.74 Å². The van der Waals surface area contributed by atoms with Crippen LogP contribution in [0.5, 0.6) is 0 Å². The van der Waals surface area contributed by atoms with E-state index in [0.717, 1.165) is 54.7 Å². The standard InChI is InChI=1S/C16H25N3O/c1-12(2)11-17-15(13(3)4)16(18-14(5)6)19-7-9-20-10-8-19/h11H,1,5,7-10H2,2-4,6H3. The zero-order valence-corrected chi connectivity index (χ0v) is 13.1. The molecule has 0 unspecified atom stereocenters. The minimum absolute atomic E-state index is 0.718. The van der Waals surface area contributed by atoms with Gasteiger partial charge in [0, 0.05) is 25.0 Å². The summed E-state index contributed by atoms with van der Waals surface area (Å²) in [6.07, 6.45) is 1.77. The van der Waals surface area contributed by atoms with Gasteiger partial charge in [-0.25, -0.2) is 4.99 Å². The molecular weight excluding hydrogens is 250 g/mol. The van der Waals surface area contributed by atoms with Gasteiger partial charge in [0.1, 0.15) is 5.70 Å². The lowest BCUT2D eigenvalue weighted by Crippen LogP contribution is -2.41. The number of nitrogens with zero attached hydrogens (tertiary/aromatic N) is 3. The van der Waals surface area contributed by atoms with Crippen LogP contribution in [0.25, 0.3) is 0 Å². The van der Waals surface area contributed by atoms with E-state index in [-0.39, 0.29) is 0 Å². The highest BCUT2D eigenvalue weighted by Crippen LogP contribution is 2.15. The molecule has 0 saturated carbocycles. The van der Waals surface area contributed by atoms with Gasteiger partial charge in [-0.1, -0.05) is 13.2 Å². The monoisotopic (exact) mass is 275 g/mol. The maximum atomic E-state index is 5.41. The fourth-order valence-electron chi connectivity index (χ4n) is 1.81. The fourth-order valence-corrected chi connectivity index (χ4v) is 1.81. The summed E-state index contributed by atoms with van der Waals surface area (Å²) in [6.45, 7) is 18.7. The molecule has 0 aromatic rings. The van der Waals surface area contributed by atoms with Crippen molar-refractivity contribution in [3.05, 3.63) is 35.7 Å². The Labute approximate surface area is 122 Å². The van der Waals surface area contributed by atoms with E-state index in [1.165, 1.54) is 0 Å². The largest absolute Gasteiger partial charge is 0.378 e. The minimum Gasteiger partial charge on any atom is -0.378 e. The first kappa shape index (κ1) is 16.4. The summed E-state index contributed by atoms with van der Waals surface area (Å²) in [4.78, 5) is 11.3. The highest BCUT2D eigenvalue weighted by Gasteiger charge is 2.19. The molecule has 1 saturated heterocycles. The summed E-state index contributed by atoms with van der Waals surface area (Å²) in [5.41, 5.74) is 3.70. The van der Waals surface area contributed by atoms with E-state index < -0.39 is 0 Å². The van der Waals surface area contributed by atoms with Gasteiger partial charge in [-0.05, 0) is 38.8 Å². The first-order chi connectivity index (χ1) is 9.41. The molecule has 0 atom stereocenters. The Morgan fingerprint density at radius 2 is 1.70 bits per heavy atom. The molecule has 1 heterocycles. The van der Waals surface area contributed by atoms with Crippen LogP contribution >= 0.6 is 0 Å². The molecule has 0 amide bonds. The van der Waals surface area contributed by atoms with Crippen molar-refractivity contribution in [2.24, 2.45) is 9.98 Å². The molecule has 0 aromatic heterocycles. The van der Waals surface area contributed by atoms with Gasteiger partial charge in [-0.15, -0.1) is 0 Å². The van der Waals surface area contributed by atoms with Crippen LogP contribution in [0.15, 0.2) is 45.7 Å². The molecule has 4 heteroatoms. The molecule has 0 aliphatic carbocycles. The van der Waals surface area contributed by atoms with E-state index in [9.17, 15) is 0 Å². The fraction of sp³-hybridized carbons (Fsp3) is 0.500. The number of rotatable bonds is 4. The van der Waals surface area contributed by atoms with Crippen LogP contribution in [-0.4, -0.2) is 43.3 Å². The van der Waals surface area contributed by atoms with Crippen LogP contribution in [0.1, 0.15) is 27.7 Å². The molecule has 0 spiro atoms. The third-order valence-electron chi connectivity index (χ3n) is 2.71. The topological polar surface area (TPSA) is 37.2 Å². The molecule has 0 radical (unpaired) electrons. The Kier molecular flexibility index (Phi) is 6.39. The molecule has 1 rings (SSSR count). The van der Waals surface area contributed by atoms with Crippen LogP contribution in [0.3, 0.4) is 0 Å². The number of hydrogen-bond acceptors (Lipinski definition) is 3. The molecule has 1 aliphatic rings. The van der Waals surface area contributed by atoms with Crippen molar-refractivity contribution in [1.82, 2.24) is 4.90 Å². The summed E-state index contributed by atoms with van der Waals surface area (Å²) in [5.74, 6) is 0.873. The van der Waals surface area contributed by atoms with Crippen LogP contribution in [0.2, 0.25) is 0 Å². The van der Waals surface area contributed by atoms with Gasteiger partial charge in [-0.3, -0.25) is 4.99 Å². The zero-order valence-electron chi connectivity index (χ0n) is 13.1. The lowest BCUT2D eigenvalue weighted by molar-refractivity contribution is 0.0681. The Balaban J connectivity index is 3.16. The minimum atomic E-state index is 0.718. The predicted molar refractivity (Wildman–Crippen MR) is 86.3 cm³/mol. The van der Waals surface area contributed by atoms with Gasteiger partial charge in [0.25, 0.3) is 0 Å². The van der Waals surface area contributed by atoms with E-state index in [1.54, 1.807) is 6.21 Å². The van der Waals surface area contributed by atoms with Gasteiger partial charge in [0.05, 0.1) is 13.2 Å². The second kappa shape index (κ2) is 7.80. The summed E-state index contributed by atoms with van der Waals surface area (Å²) < 4.78 is 5.41. The summed E-state index contributed by atoms with van der Waals surface area (Å²) in [7, 11) is 0. The molecule has 1 fully saturated rings. The zero-order chi connectivity index (χ0) is 15.1. The van der Waals surface area contributed by atoms with Crippen molar-refractivity contribution in [1.29, 1.82) is 0 Å². The van der Waals surface area contributed by atoms with Crippen molar-refractivity contribution >= 4 is 12.1 Å². The van der Waals surface area contributed by atoms with E-state index in [1.807, 2.05) is 27.7 Å². The number of hydrogen-bond donors (Lipinski definition) is 0. The second-order valence-electron chi connectivity index (χ2n) is 5.22. The van der Waals surface area contributed by atoms with Crippen molar-refractivity contribution in [3.8, 4) is 0 Å². The molecule has 110 valence electrons. The molecular formula is C16H25N3O. The van der Waals surface area contributed by atoms with Crippen molar-refractivity contribution in [2.75, 3.05) is 26.3 Å². The Hall–Kier alpha value is -1.68. The van der Waals surface area contributed by atoms with E-state index in [2.05, 4.69) is 28.0 Å². The summed E-state index contributed by atoms with van der Waals surface area (Å²) >= 11 is 0. The number of aliphatic imine (C=N–C) groups is 2. The Morgan fingerprint density at radius 1 is 1.10 bits per heavy atom. The SMILES string of the molecule is C=C(C)C=NC(C(=NC(=C)C)N1CCOCC1)=C(C)C. The normalized spacial score (nSPS) is 16.4. The van der Waals surface area contributed by atoms with Crippen LogP contribution in [-0.2, 0) is 4.74 Å². The highest BCUT2D eigenvalue weighted by atomic mass is 16.5. The average molecular weight is 275 g/mol. The number of amidine groups is 1. The highest BCUT2D eigenvalue weighted by molar-refractivity contribution is 6.01. The quantitative estimate of drug-likeness (QED) is 0.583. The predicted octanol–water partition coefficient (Wildman–Crippen LogP) is 3.19. The lowest BCUT2D eigenvalue weighted by atomic mass is 10.2. The van der Waals surface area contributed by atoms with Crippen LogP contribution in [0, 0.1) is 0 Å². The van der Waals surface area contributed by atoms with Crippen LogP contribution in [0.4, 0.5) is 0 Å². The first-order valence-electron chi connectivity index (χ1n) is 6.86. The number of morpholine rings is 1. The number of ether oxygens (including phenoxy) is 1.